The van der Waals surface area contributed by atoms with E-state index >= 15 is 0 Å². The summed E-state index contributed by atoms with van der Waals surface area (Å²) < 4.78 is 2.19. The number of piperidine rings is 1. The lowest BCUT2D eigenvalue weighted by Gasteiger charge is -2.33. The smallest absolute Gasteiger partial charge is 0.223 e. The third-order valence-electron chi connectivity index (χ3n) is 5.63. The summed E-state index contributed by atoms with van der Waals surface area (Å²) in [5.74, 6) is 2.73. The van der Waals surface area contributed by atoms with Crippen LogP contribution in [0.4, 0.5) is 0 Å². The maximum Gasteiger partial charge on any atom is 0.223 e. The number of amides is 1. The standard InChI is InChI=1S/C20H27N5O/c1-15-13-24(19(26)8-7-16-9-11-21-12-10-16)14-18-22-23-20(25(15)18)17-5-3-2-4-6-17/h2-6,15-16,21H,7-14H2,1H3/t15-/m0/s1. The summed E-state index contributed by atoms with van der Waals surface area (Å²) >= 11 is 0. The zero-order chi connectivity index (χ0) is 17.9. The molecule has 1 aromatic heterocycles. The molecule has 26 heavy (non-hydrogen) atoms. The first-order chi connectivity index (χ1) is 12.7. The summed E-state index contributed by atoms with van der Waals surface area (Å²) in [4.78, 5) is 14.7. The quantitative estimate of drug-likeness (QED) is 0.918. The van der Waals surface area contributed by atoms with Gasteiger partial charge in [-0.3, -0.25) is 4.79 Å². The van der Waals surface area contributed by atoms with Crippen LogP contribution >= 0.6 is 0 Å². The monoisotopic (exact) mass is 353 g/mol. The van der Waals surface area contributed by atoms with Crippen molar-refractivity contribution in [2.75, 3.05) is 19.6 Å². The maximum absolute atomic E-state index is 12.7. The van der Waals surface area contributed by atoms with Gasteiger partial charge in [-0.15, -0.1) is 10.2 Å². The van der Waals surface area contributed by atoms with Crippen LogP contribution in [0.15, 0.2) is 30.3 Å². The second-order valence-corrected chi connectivity index (χ2v) is 7.53. The molecule has 1 saturated heterocycles. The van der Waals surface area contributed by atoms with Gasteiger partial charge in [-0.25, -0.2) is 0 Å². The van der Waals surface area contributed by atoms with Crippen LogP contribution in [-0.4, -0.2) is 45.2 Å². The molecule has 1 fully saturated rings. The summed E-state index contributed by atoms with van der Waals surface area (Å²) in [6.45, 7) is 5.62. The number of hydrogen-bond donors (Lipinski definition) is 1. The fourth-order valence-corrected chi connectivity index (χ4v) is 4.16. The molecule has 0 aliphatic carbocycles. The Bertz CT molecular complexity index is 751. The zero-order valence-corrected chi connectivity index (χ0v) is 15.4. The van der Waals surface area contributed by atoms with Gasteiger partial charge in [0.2, 0.25) is 5.91 Å². The van der Waals surface area contributed by atoms with E-state index in [0.717, 1.165) is 43.3 Å². The molecule has 138 valence electrons. The van der Waals surface area contributed by atoms with Gasteiger partial charge in [0, 0.05) is 18.5 Å². The summed E-state index contributed by atoms with van der Waals surface area (Å²) in [5, 5.41) is 12.2. The Hall–Kier alpha value is -2.21. The SMILES string of the molecule is C[C@H]1CN(C(=O)CCC2CCNCC2)Cc2nnc(-c3ccccc3)n21. The van der Waals surface area contributed by atoms with Crippen molar-refractivity contribution >= 4 is 5.91 Å². The Kier molecular flexibility index (Phi) is 5.02. The lowest BCUT2D eigenvalue weighted by molar-refractivity contribution is -0.133. The van der Waals surface area contributed by atoms with E-state index in [1.807, 2.05) is 23.1 Å². The number of nitrogens with zero attached hydrogens (tertiary/aromatic N) is 4. The summed E-state index contributed by atoms with van der Waals surface area (Å²) in [6, 6.07) is 10.3. The van der Waals surface area contributed by atoms with Crippen LogP contribution in [0.1, 0.15) is 44.5 Å². The predicted octanol–water partition coefficient (Wildman–Crippen LogP) is 2.63. The van der Waals surface area contributed by atoms with E-state index in [4.69, 9.17) is 0 Å². The van der Waals surface area contributed by atoms with Gasteiger partial charge in [-0.2, -0.15) is 0 Å². The van der Waals surface area contributed by atoms with E-state index in [1.165, 1.54) is 12.8 Å². The number of benzene rings is 1. The molecule has 0 spiro atoms. The van der Waals surface area contributed by atoms with E-state index < -0.39 is 0 Å². The molecule has 0 radical (unpaired) electrons. The summed E-state index contributed by atoms with van der Waals surface area (Å²) in [6.07, 6.45) is 4.04. The molecule has 1 atom stereocenters. The van der Waals surface area contributed by atoms with Crippen molar-refractivity contribution in [2.45, 2.75) is 45.2 Å². The topological polar surface area (TPSA) is 63.1 Å². The van der Waals surface area contributed by atoms with Crippen molar-refractivity contribution in [1.29, 1.82) is 0 Å². The normalized spacial score (nSPS) is 20.8. The van der Waals surface area contributed by atoms with Gasteiger partial charge in [-0.05, 0) is 45.2 Å². The highest BCUT2D eigenvalue weighted by atomic mass is 16.2. The van der Waals surface area contributed by atoms with E-state index in [2.05, 4.69) is 39.1 Å². The Morgan fingerprint density at radius 1 is 1.19 bits per heavy atom. The minimum absolute atomic E-state index is 0.187. The second-order valence-electron chi connectivity index (χ2n) is 7.53. The van der Waals surface area contributed by atoms with Gasteiger partial charge in [0.25, 0.3) is 0 Å². The molecule has 0 bridgehead atoms. The fourth-order valence-electron chi connectivity index (χ4n) is 4.16. The molecular formula is C20H27N5O. The molecule has 1 aromatic carbocycles. The van der Waals surface area contributed by atoms with Crippen LogP contribution in [-0.2, 0) is 11.3 Å². The lowest BCUT2D eigenvalue weighted by atomic mass is 9.93. The van der Waals surface area contributed by atoms with Crippen molar-refractivity contribution in [1.82, 2.24) is 25.0 Å². The predicted molar refractivity (Wildman–Crippen MR) is 100 cm³/mol. The average molecular weight is 353 g/mol. The Balaban J connectivity index is 1.43. The van der Waals surface area contributed by atoms with Crippen LogP contribution < -0.4 is 5.32 Å². The van der Waals surface area contributed by atoms with Crippen molar-refractivity contribution in [2.24, 2.45) is 5.92 Å². The first-order valence-corrected chi connectivity index (χ1v) is 9.70. The van der Waals surface area contributed by atoms with Crippen molar-refractivity contribution in [3.05, 3.63) is 36.2 Å². The van der Waals surface area contributed by atoms with Gasteiger partial charge >= 0.3 is 0 Å². The Labute approximate surface area is 154 Å². The number of rotatable bonds is 4. The number of carbonyl (C=O) groups excluding carboxylic acids is 1. The highest BCUT2D eigenvalue weighted by Crippen LogP contribution is 2.28. The van der Waals surface area contributed by atoms with Crippen LogP contribution in [0.5, 0.6) is 0 Å². The molecule has 2 aliphatic rings. The van der Waals surface area contributed by atoms with Gasteiger partial charge in [0.15, 0.2) is 11.6 Å². The minimum Gasteiger partial charge on any atom is -0.333 e. The van der Waals surface area contributed by atoms with Crippen molar-refractivity contribution < 1.29 is 4.79 Å². The highest BCUT2D eigenvalue weighted by Gasteiger charge is 2.29. The van der Waals surface area contributed by atoms with Crippen LogP contribution in [0.25, 0.3) is 11.4 Å². The van der Waals surface area contributed by atoms with Crippen LogP contribution in [0, 0.1) is 5.92 Å². The third-order valence-corrected chi connectivity index (χ3v) is 5.63. The van der Waals surface area contributed by atoms with E-state index in [1.54, 1.807) is 0 Å². The molecule has 0 saturated carbocycles. The molecular weight excluding hydrogens is 326 g/mol. The van der Waals surface area contributed by atoms with Crippen molar-refractivity contribution in [3.63, 3.8) is 0 Å². The number of carbonyl (C=O) groups is 1. The van der Waals surface area contributed by atoms with Gasteiger partial charge in [0.1, 0.15) is 0 Å². The fraction of sp³-hybridized carbons (Fsp3) is 0.550. The van der Waals surface area contributed by atoms with Crippen LogP contribution in [0.2, 0.25) is 0 Å². The Morgan fingerprint density at radius 2 is 1.96 bits per heavy atom. The molecule has 6 heteroatoms. The highest BCUT2D eigenvalue weighted by molar-refractivity contribution is 5.76. The molecule has 6 nitrogen and oxygen atoms in total. The molecule has 3 heterocycles. The van der Waals surface area contributed by atoms with E-state index in [-0.39, 0.29) is 11.9 Å². The molecule has 0 unspecified atom stereocenters. The van der Waals surface area contributed by atoms with Crippen LogP contribution in [0.3, 0.4) is 0 Å². The van der Waals surface area contributed by atoms with E-state index in [0.29, 0.717) is 18.9 Å². The second kappa shape index (κ2) is 7.58. The molecule has 1 amide bonds. The first-order valence-electron chi connectivity index (χ1n) is 9.70. The number of fused-ring (bicyclic) bond motifs is 1. The van der Waals surface area contributed by atoms with Crippen molar-refractivity contribution in [3.8, 4) is 11.4 Å². The molecule has 2 aromatic rings. The largest absolute Gasteiger partial charge is 0.333 e. The molecule has 2 aliphatic heterocycles. The average Bonchev–Trinajstić information content (AvgIpc) is 3.12. The number of hydrogen-bond acceptors (Lipinski definition) is 4. The number of aromatic nitrogens is 3. The first kappa shape index (κ1) is 17.2. The molecule has 4 rings (SSSR count). The number of nitrogens with one attached hydrogen (secondary N) is 1. The zero-order valence-electron chi connectivity index (χ0n) is 15.4. The molecule has 1 N–H and O–H groups in total. The van der Waals surface area contributed by atoms with Gasteiger partial charge < -0.3 is 14.8 Å². The lowest BCUT2D eigenvalue weighted by Crippen LogP contribution is -2.40. The maximum atomic E-state index is 12.7. The van der Waals surface area contributed by atoms with Gasteiger partial charge in [0.05, 0.1) is 12.6 Å². The summed E-state index contributed by atoms with van der Waals surface area (Å²) in [5.41, 5.74) is 1.07. The Morgan fingerprint density at radius 3 is 2.73 bits per heavy atom. The third kappa shape index (κ3) is 3.51. The summed E-state index contributed by atoms with van der Waals surface area (Å²) in [7, 11) is 0. The van der Waals surface area contributed by atoms with E-state index in [9.17, 15) is 4.79 Å². The minimum atomic E-state index is 0.187. The van der Waals surface area contributed by atoms with Gasteiger partial charge in [-0.1, -0.05) is 30.3 Å².